The second kappa shape index (κ2) is 6.17. The van der Waals surface area contributed by atoms with Crippen LogP contribution in [0.15, 0.2) is 29.4 Å². The molecule has 0 spiro atoms. The Hall–Kier alpha value is -1.49. The summed E-state index contributed by atoms with van der Waals surface area (Å²) in [5.41, 5.74) is 4.10. The lowest BCUT2D eigenvalue weighted by Crippen LogP contribution is -2.32. The van der Waals surface area contributed by atoms with Gasteiger partial charge in [-0.3, -0.25) is 5.43 Å². The number of nitrogens with one attached hydrogen (secondary N) is 2. The van der Waals surface area contributed by atoms with Crippen molar-refractivity contribution < 1.29 is 4.39 Å². The van der Waals surface area contributed by atoms with Crippen molar-refractivity contribution in [3.8, 4) is 0 Å². The summed E-state index contributed by atoms with van der Waals surface area (Å²) in [6.07, 6.45) is 0. The average Bonchev–Trinajstić information content (AvgIpc) is 2.26. The first-order valence-corrected chi connectivity index (χ1v) is 5.38. The molecule has 0 fully saturated rings. The first-order chi connectivity index (χ1) is 7.63. The van der Waals surface area contributed by atoms with Gasteiger partial charge in [0.25, 0.3) is 0 Å². The van der Waals surface area contributed by atoms with Crippen molar-refractivity contribution in [3.63, 3.8) is 0 Å². The molecule has 0 saturated heterocycles. The third-order valence-corrected chi connectivity index (χ3v) is 2.14. The lowest BCUT2D eigenvalue weighted by molar-refractivity contribution is 0.627. The van der Waals surface area contributed by atoms with Crippen LogP contribution in [0.3, 0.4) is 0 Å². The van der Waals surface area contributed by atoms with Gasteiger partial charge in [-0.2, -0.15) is 5.10 Å². The first kappa shape index (κ1) is 12.6. The van der Waals surface area contributed by atoms with E-state index in [0.29, 0.717) is 10.8 Å². The van der Waals surface area contributed by atoms with Gasteiger partial charge >= 0.3 is 0 Å². The molecular weight excluding hydrogens is 225 g/mol. The molecule has 2 N–H and O–H groups in total. The van der Waals surface area contributed by atoms with E-state index in [1.807, 2.05) is 6.92 Å². The van der Waals surface area contributed by atoms with Gasteiger partial charge in [0, 0.05) is 12.1 Å². The van der Waals surface area contributed by atoms with Gasteiger partial charge in [-0.05, 0) is 38.2 Å². The smallest absolute Gasteiger partial charge is 0.186 e. The molecule has 1 aromatic carbocycles. The zero-order chi connectivity index (χ0) is 12.0. The Bertz CT molecular complexity index is 404. The normalized spacial score (nSPS) is 11.1. The number of benzene rings is 1. The molecule has 0 aromatic heterocycles. The molecule has 1 rings (SSSR count). The van der Waals surface area contributed by atoms with Crippen LogP contribution < -0.4 is 10.7 Å². The summed E-state index contributed by atoms with van der Waals surface area (Å²) < 4.78 is 12.9. The summed E-state index contributed by atoms with van der Waals surface area (Å²) in [6, 6.07) is 6.26. The van der Waals surface area contributed by atoms with Crippen molar-refractivity contribution >= 4 is 23.0 Å². The molecule has 1 aromatic rings. The summed E-state index contributed by atoms with van der Waals surface area (Å²) in [6.45, 7) is 4.47. The van der Waals surface area contributed by atoms with Gasteiger partial charge in [0.2, 0.25) is 0 Å². The van der Waals surface area contributed by atoms with Crippen LogP contribution in [0.25, 0.3) is 0 Å². The fourth-order valence-electron chi connectivity index (χ4n) is 1.11. The van der Waals surface area contributed by atoms with Crippen LogP contribution in [0, 0.1) is 5.82 Å². The predicted octanol–water partition coefficient (Wildman–Crippen LogP) is 2.03. The van der Waals surface area contributed by atoms with E-state index in [4.69, 9.17) is 12.2 Å². The zero-order valence-corrected chi connectivity index (χ0v) is 10.1. The zero-order valence-electron chi connectivity index (χ0n) is 9.25. The van der Waals surface area contributed by atoms with Gasteiger partial charge in [-0.25, -0.2) is 4.39 Å². The number of thiocarbonyl (C=S) groups is 1. The van der Waals surface area contributed by atoms with E-state index >= 15 is 0 Å². The molecule has 0 saturated carbocycles. The number of hydrogen-bond donors (Lipinski definition) is 2. The van der Waals surface area contributed by atoms with Crippen LogP contribution >= 0.6 is 12.2 Å². The first-order valence-electron chi connectivity index (χ1n) is 4.97. The molecule has 0 aliphatic rings. The maximum atomic E-state index is 12.9. The second-order valence-corrected chi connectivity index (χ2v) is 3.59. The molecular formula is C11H14FN3S. The Morgan fingerprint density at radius 1 is 1.50 bits per heavy atom. The molecule has 5 heteroatoms. The number of rotatable bonds is 3. The Morgan fingerprint density at radius 3 is 2.88 bits per heavy atom. The average molecular weight is 239 g/mol. The van der Waals surface area contributed by atoms with Crippen LogP contribution in [0.5, 0.6) is 0 Å². The SMILES string of the molecule is CCNC(=S)NN=C(C)c1cccc(F)c1. The predicted molar refractivity (Wildman–Crippen MR) is 68.0 cm³/mol. The van der Waals surface area contributed by atoms with Crippen LogP contribution in [-0.4, -0.2) is 17.4 Å². The molecule has 3 nitrogen and oxygen atoms in total. The van der Waals surface area contributed by atoms with Crippen molar-refractivity contribution in [2.75, 3.05) is 6.54 Å². The summed E-state index contributed by atoms with van der Waals surface area (Å²) in [5.74, 6) is -0.277. The number of nitrogens with zero attached hydrogens (tertiary/aromatic N) is 1. The minimum atomic E-state index is -0.277. The van der Waals surface area contributed by atoms with E-state index in [2.05, 4.69) is 15.8 Å². The Balaban J connectivity index is 2.67. The number of halogens is 1. The van der Waals surface area contributed by atoms with E-state index in [9.17, 15) is 4.39 Å². The van der Waals surface area contributed by atoms with Gasteiger partial charge in [-0.15, -0.1) is 0 Å². The quantitative estimate of drug-likeness (QED) is 0.481. The van der Waals surface area contributed by atoms with Crippen LogP contribution in [-0.2, 0) is 0 Å². The van der Waals surface area contributed by atoms with Crippen molar-refractivity contribution in [1.29, 1.82) is 0 Å². The minimum Gasteiger partial charge on any atom is -0.362 e. The lowest BCUT2D eigenvalue weighted by atomic mass is 10.1. The highest BCUT2D eigenvalue weighted by Crippen LogP contribution is 2.04. The molecule has 86 valence electrons. The Labute approximate surface area is 99.7 Å². The van der Waals surface area contributed by atoms with Crippen molar-refractivity contribution in [2.45, 2.75) is 13.8 Å². The second-order valence-electron chi connectivity index (χ2n) is 3.18. The molecule has 0 atom stereocenters. The van der Waals surface area contributed by atoms with Gasteiger partial charge in [-0.1, -0.05) is 12.1 Å². The van der Waals surface area contributed by atoms with Crippen LogP contribution in [0.1, 0.15) is 19.4 Å². The van der Waals surface area contributed by atoms with Gasteiger partial charge in [0.1, 0.15) is 5.82 Å². The third-order valence-electron chi connectivity index (χ3n) is 1.90. The van der Waals surface area contributed by atoms with Gasteiger partial charge < -0.3 is 5.32 Å². The summed E-state index contributed by atoms with van der Waals surface area (Å²) in [4.78, 5) is 0. The molecule has 0 amide bonds. The largest absolute Gasteiger partial charge is 0.362 e. The molecule has 16 heavy (non-hydrogen) atoms. The molecule has 0 aliphatic carbocycles. The van der Waals surface area contributed by atoms with Gasteiger partial charge in [0.05, 0.1) is 5.71 Å². The van der Waals surface area contributed by atoms with Crippen molar-refractivity contribution in [2.24, 2.45) is 5.10 Å². The molecule has 0 heterocycles. The molecule has 0 radical (unpaired) electrons. The number of hydrogen-bond acceptors (Lipinski definition) is 2. The highest BCUT2D eigenvalue weighted by molar-refractivity contribution is 7.80. The maximum absolute atomic E-state index is 12.9. The fourth-order valence-corrected chi connectivity index (χ4v) is 1.30. The number of hydrazone groups is 1. The monoisotopic (exact) mass is 239 g/mol. The van der Waals surface area contributed by atoms with E-state index in [0.717, 1.165) is 12.1 Å². The standard InChI is InChI=1S/C11H14FN3S/c1-3-13-11(16)15-14-8(2)9-5-4-6-10(12)7-9/h4-7H,3H2,1-2H3,(H2,13,15,16). The lowest BCUT2D eigenvalue weighted by Gasteiger charge is -2.05. The fraction of sp³-hybridized carbons (Fsp3) is 0.273. The van der Waals surface area contributed by atoms with Gasteiger partial charge in [0.15, 0.2) is 5.11 Å². The van der Waals surface area contributed by atoms with Crippen LogP contribution in [0.2, 0.25) is 0 Å². The van der Waals surface area contributed by atoms with E-state index < -0.39 is 0 Å². The molecule has 0 bridgehead atoms. The Morgan fingerprint density at radius 2 is 2.25 bits per heavy atom. The summed E-state index contributed by atoms with van der Waals surface area (Å²) >= 11 is 4.94. The van der Waals surface area contributed by atoms with Crippen molar-refractivity contribution in [1.82, 2.24) is 10.7 Å². The Kier molecular flexibility index (Phi) is 4.85. The van der Waals surface area contributed by atoms with E-state index in [1.54, 1.807) is 19.1 Å². The van der Waals surface area contributed by atoms with Crippen molar-refractivity contribution in [3.05, 3.63) is 35.6 Å². The van der Waals surface area contributed by atoms with Crippen LogP contribution in [0.4, 0.5) is 4.39 Å². The maximum Gasteiger partial charge on any atom is 0.186 e. The molecule has 0 unspecified atom stereocenters. The summed E-state index contributed by atoms with van der Waals surface area (Å²) in [7, 11) is 0. The molecule has 0 aliphatic heterocycles. The van der Waals surface area contributed by atoms with E-state index in [-0.39, 0.29) is 5.82 Å². The van der Waals surface area contributed by atoms with E-state index in [1.165, 1.54) is 12.1 Å². The minimum absolute atomic E-state index is 0.277. The highest BCUT2D eigenvalue weighted by atomic mass is 32.1. The topological polar surface area (TPSA) is 36.4 Å². The summed E-state index contributed by atoms with van der Waals surface area (Å²) in [5, 5.41) is 7.41. The highest BCUT2D eigenvalue weighted by Gasteiger charge is 1.99. The third kappa shape index (κ3) is 3.94.